The number of benzene rings is 1. The summed E-state index contributed by atoms with van der Waals surface area (Å²) in [4.78, 5) is 0. The smallest absolute Gasteiger partial charge is 0.161 e. The number of ether oxygens (including phenoxy) is 1. The van der Waals surface area contributed by atoms with Crippen molar-refractivity contribution in [1.82, 2.24) is 0 Å². The Kier molecular flexibility index (Phi) is 6.52. The lowest BCUT2D eigenvalue weighted by atomic mass is 9.91. The molecule has 1 aromatic carbocycles. The molecule has 124 valence electrons. The number of unbranched alkanes of at least 4 members (excludes halogenated alkanes) is 5. The molecule has 4 N–H and O–H groups in total. The largest absolute Gasteiger partial charge is 0.504 e. The number of aromatic hydroxyl groups is 2. The Bertz CT molecular complexity index is 476. The van der Waals surface area contributed by atoms with Gasteiger partial charge in [0.05, 0.1) is 12.2 Å². The summed E-state index contributed by atoms with van der Waals surface area (Å²) in [6.45, 7) is 2.62. The lowest BCUT2D eigenvalue weighted by Gasteiger charge is -2.32. The predicted molar refractivity (Wildman–Crippen MR) is 88.1 cm³/mol. The number of hydrogen-bond acceptors (Lipinski definition) is 4. The van der Waals surface area contributed by atoms with Crippen LogP contribution in [0.3, 0.4) is 0 Å². The number of phenolic OH excluding ortho intramolecular Hbond substituents is 2. The van der Waals surface area contributed by atoms with E-state index in [9.17, 15) is 10.2 Å². The molecule has 0 aromatic heterocycles. The standard InChI is InChI=1S/C18H29NO3/c1-2-3-4-5-6-7-8-13-11-15-14(17(12-19)22-13)9-10-16(20)18(15)21/h9-10,13,17,20-21H,2-8,11-12,19H2,1H3. The molecule has 0 aliphatic carbocycles. The van der Waals surface area contributed by atoms with Gasteiger partial charge in [0.1, 0.15) is 0 Å². The Morgan fingerprint density at radius 1 is 1.14 bits per heavy atom. The highest BCUT2D eigenvalue weighted by atomic mass is 16.5. The molecule has 2 atom stereocenters. The molecule has 0 radical (unpaired) electrons. The van der Waals surface area contributed by atoms with Gasteiger partial charge in [-0.05, 0) is 18.1 Å². The molecule has 2 unspecified atom stereocenters. The molecule has 2 rings (SSSR count). The molecule has 0 saturated heterocycles. The van der Waals surface area contributed by atoms with Gasteiger partial charge in [-0.2, -0.15) is 0 Å². The normalized spacial score (nSPS) is 20.8. The van der Waals surface area contributed by atoms with Crippen LogP contribution in [0.4, 0.5) is 0 Å². The van der Waals surface area contributed by atoms with Crippen LogP contribution in [0.1, 0.15) is 69.1 Å². The van der Waals surface area contributed by atoms with E-state index in [0.29, 0.717) is 13.0 Å². The Balaban J connectivity index is 1.92. The minimum absolute atomic E-state index is 0.00723. The van der Waals surface area contributed by atoms with Gasteiger partial charge in [0.25, 0.3) is 0 Å². The highest BCUT2D eigenvalue weighted by Crippen LogP contribution is 2.40. The molecule has 1 aliphatic heterocycles. The number of phenols is 2. The van der Waals surface area contributed by atoms with E-state index in [-0.39, 0.29) is 23.7 Å². The van der Waals surface area contributed by atoms with Crippen molar-refractivity contribution in [3.05, 3.63) is 23.3 Å². The molecule has 1 aromatic rings. The van der Waals surface area contributed by atoms with Crippen LogP contribution in [0.15, 0.2) is 12.1 Å². The molecule has 1 heterocycles. The number of rotatable bonds is 8. The first-order valence-corrected chi connectivity index (χ1v) is 8.56. The topological polar surface area (TPSA) is 75.7 Å². The Hall–Kier alpha value is -1.26. The quantitative estimate of drug-likeness (QED) is 0.504. The molecule has 0 fully saturated rings. The van der Waals surface area contributed by atoms with Crippen molar-refractivity contribution in [2.24, 2.45) is 5.73 Å². The lowest BCUT2D eigenvalue weighted by Crippen LogP contribution is -2.30. The number of nitrogens with two attached hydrogens (primary N) is 1. The van der Waals surface area contributed by atoms with E-state index < -0.39 is 0 Å². The molecule has 22 heavy (non-hydrogen) atoms. The molecule has 0 amide bonds. The first kappa shape index (κ1) is 17.1. The fourth-order valence-corrected chi connectivity index (χ4v) is 3.24. The van der Waals surface area contributed by atoms with Crippen molar-refractivity contribution >= 4 is 0 Å². The predicted octanol–water partition coefficient (Wildman–Crippen LogP) is 3.79. The van der Waals surface area contributed by atoms with Crippen molar-refractivity contribution in [3.8, 4) is 11.5 Å². The fraction of sp³-hybridized carbons (Fsp3) is 0.667. The Labute approximate surface area is 133 Å². The van der Waals surface area contributed by atoms with Gasteiger partial charge in [-0.1, -0.05) is 51.5 Å². The summed E-state index contributed by atoms with van der Waals surface area (Å²) >= 11 is 0. The van der Waals surface area contributed by atoms with Crippen molar-refractivity contribution in [1.29, 1.82) is 0 Å². The van der Waals surface area contributed by atoms with Gasteiger partial charge in [-0.25, -0.2) is 0 Å². The summed E-state index contributed by atoms with van der Waals surface area (Å²) in [5.74, 6) is -0.0677. The highest BCUT2D eigenvalue weighted by molar-refractivity contribution is 5.50. The summed E-state index contributed by atoms with van der Waals surface area (Å²) in [5, 5.41) is 19.8. The first-order valence-electron chi connectivity index (χ1n) is 8.56. The number of fused-ring (bicyclic) bond motifs is 1. The zero-order valence-electron chi connectivity index (χ0n) is 13.6. The van der Waals surface area contributed by atoms with E-state index in [1.165, 1.54) is 38.2 Å². The van der Waals surface area contributed by atoms with E-state index in [0.717, 1.165) is 24.0 Å². The average molecular weight is 307 g/mol. The summed E-state index contributed by atoms with van der Waals surface area (Å²) in [5.41, 5.74) is 7.53. The summed E-state index contributed by atoms with van der Waals surface area (Å²) in [6, 6.07) is 3.32. The maximum atomic E-state index is 10.1. The third-order valence-electron chi connectivity index (χ3n) is 4.53. The minimum atomic E-state index is -0.180. The molecule has 4 nitrogen and oxygen atoms in total. The molecule has 4 heteroatoms. The van der Waals surface area contributed by atoms with Crippen LogP contribution in [0.2, 0.25) is 0 Å². The second-order valence-corrected chi connectivity index (χ2v) is 6.24. The maximum Gasteiger partial charge on any atom is 0.161 e. The van der Waals surface area contributed by atoms with Crippen LogP contribution in [0.5, 0.6) is 11.5 Å². The van der Waals surface area contributed by atoms with Crippen molar-refractivity contribution in [2.45, 2.75) is 70.5 Å². The van der Waals surface area contributed by atoms with E-state index in [2.05, 4.69) is 6.92 Å². The van der Waals surface area contributed by atoms with Crippen LogP contribution in [0.25, 0.3) is 0 Å². The van der Waals surface area contributed by atoms with E-state index in [4.69, 9.17) is 10.5 Å². The van der Waals surface area contributed by atoms with Crippen LogP contribution in [-0.4, -0.2) is 22.9 Å². The molecule has 0 bridgehead atoms. The first-order chi connectivity index (χ1) is 10.7. The zero-order chi connectivity index (χ0) is 15.9. The number of hydrogen-bond donors (Lipinski definition) is 3. The van der Waals surface area contributed by atoms with Crippen LogP contribution in [-0.2, 0) is 11.2 Å². The van der Waals surface area contributed by atoms with Crippen molar-refractivity contribution in [2.75, 3.05) is 6.54 Å². The van der Waals surface area contributed by atoms with Gasteiger partial charge in [-0.15, -0.1) is 0 Å². The van der Waals surface area contributed by atoms with Gasteiger partial charge < -0.3 is 20.7 Å². The average Bonchev–Trinajstić information content (AvgIpc) is 2.54. The van der Waals surface area contributed by atoms with Gasteiger partial charge >= 0.3 is 0 Å². The molecular formula is C18H29NO3. The second-order valence-electron chi connectivity index (χ2n) is 6.24. The Morgan fingerprint density at radius 2 is 1.86 bits per heavy atom. The lowest BCUT2D eigenvalue weighted by molar-refractivity contribution is -0.0264. The summed E-state index contributed by atoms with van der Waals surface area (Å²) < 4.78 is 6.07. The van der Waals surface area contributed by atoms with E-state index >= 15 is 0 Å². The van der Waals surface area contributed by atoms with Crippen LogP contribution < -0.4 is 5.73 Å². The molecule has 0 saturated carbocycles. The van der Waals surface area contributed by atoms with E-state index in [1.54, 1.807) is 0 Å². The fourth-order valence-electron chi connectivity index (χ4n) is 3.24. The van der Waals surface area contributed by atoms with Crippen LogP contribution in [0, 0.1) is 0 Å². The van der Waals surface area contributed by atoms with Gasteiger partial charge in [0, 0.05) is 18.5 Å². The van der Waals surface area contributed by atoms with Gasteiger partial charge in [-0.3, -0.25) is 0 Å². The van der Waals surface area contributed by atoms with E-state index in [1.807, 2.05) is 6.07 Å². The maximum absolute atomic E-state index is 10.1. The zero-order valence-corrected chi connectivity index (χ0v) is 13.6. The third-order valence-corrected chi connectivity index (χ3v) is 4.53. The Morgan fingerprint density at radius 3 is 2.59 bits per heavy atom. The van der Waals surface area contributed by atoms with Gasteiger partial charge in [0.15, 0.2) is 11.5 Å². The van der Waals surface area contributed by atoms with Crippen molar-refractivity contribution in [3.63, 3.8) is 0 Å². The molecule has 1 aliphatic rings. The molecular weight excluding hydrogens is 278 g/mol. The van der Waals surface area contributed by atoms with Crippen LogP contribution >= 0.6 is 0 Å². The summed E-state index contributed by atoms with van der Waals surface area (Å²) in [6.07, 6.45) is 9.08. The highest BCUT2D eigenvalue weighted by Gasteiger charge is 2.29. The molecule has 0 spiro atoms. The third kappa shape index (κ3) is 4.14. The SMILES string of the molecule is CCCCCCCCC1Cc2c(ccc(O)c2O)C(CN)O1. The second kappa shape index (κ2) is 8.39. The minimum Gasteiger partial charge on any atom is -0.504 e. The van der Waals surface area contributed by atoms with Crippen molar-refractivity contribution < 1.29 is 14.9 Å². The summed E-state index contributed by atoms with van der Waals surface area (Å²) in [7, 11) is 0. The van der Waals surface area contributed by atoms with Gasteiger partial charge in [0.2, 0.25) is 0 Å². The monoisotopic (exact) mass is 307 g/mol.